The van der Waals surface area contributed by atoms with Gasteiger partial charge in [0, 0.05) is 20.2 Å². The molecule has 0 aliphatic heterocycles. The fourth-order valence-corrected chi connectivity index (χ4v) is 2.55. The number of ether oxygens (including phenoxy) is 1. The van der Waals surface area contributed by atoms with E-state index >= 15 is 0 Å². The van der Waals surface area contributed by atoms with Gasteiger partial charge in [-0.25, -0.2) is 0 Å². The summed E-state index contributed by atoms with van der Waals surface area (Å²) in [5.74, 6) is 0.160. The van der Waals surface area contributed by atoms with Crippen molar-refractivity contribution in [3.8, 4) is 5.75 Å². The zero-order valence-corrected chi connectivity index (χ0v) is 14.3. The van der Waals surface area contributed by atoms with Crippen molar-refractivity contribution in [3.05, 3.63) is 54.0 Å². The molecular weight excluding hydrogens is 334 g/mol. The normalized spacial score (nSPS) is 11.2. The largest absolute Gasteiger partial charge is 0.459 e. The average molecular weight is 353 g/mol. The lowest BCUT2D eigenvalue weighted by atomic mass is 10.2. The van der Waals surface area contributed by atoms with E-state index in [-0.39, 0.29) is 24.0 Å². The molecule has 130 valence electrons. The van der Waals surface area contributed by atoms with Crippen LogP contribution in [0.2, 0.25) is 0 Å². The Kier molecular flexibility index (Phi) is 5.99. The molecular formula is C16H19NO6S. The number of nitrogens with zero attached hydrogens (tertiary/aromatic N) is 1. The molecule has 0 fully saturated rings. The number of rotatable bonds is 8. The van der Waals surface area contributed by atoms with Crippen LogP contribution < -0.4 is 4.18 Å². The average Bonchev–Trinajstić information content (AvgIpc) is 3.03. The molecule has 7 nitrogen and oxygen atoms in total. The smallest absolute Gasteiger partial charge is 0.306 e. The molecule has 0 spiro atoms. The first-order chi connectivity index (χ1) is 11.4. The second-order valence-corrected chi connectivity index (χ2v) is 6.71. The Hall–Kier alpha value is -2.32. The van der Waals surface area contributed by atoms with Crippen molar-refractivity contribution >= 4 is 16.0 Å². The molecule has 0 aliphatic carbocycles. The van der Waals surface area contributed by atoms with Crippen LogP contribution in [0.4, 0.5) is 0 Å². The molecule has 1 heterocycles. The Labute approximate surface area is 140 Å². The Morgan fingerprint density at radius 3 is 2.67 bits per heavy atom. The Morgan fingerprint density at radius 2 is 2.04 bits per heavy atom. The molecule has 0 saturated carbocycles. The molecule has 0 radical (unpaired) electrons. The van der Waals surface area contributed by atoms with Gasteiger partial charge in [0.15, 0.2) is 5.76 Å². The highest BCUT2D eigenvalue weighted by Gasteiger charge is 2.18. The summed E-state index contributed by atoms with van der Waals surface area (Å²) in [5.41, 5.74) is 0.729. The van der Waals surface area contributed by atoms with Crippen molar-refractivity contribution in [2.24, 2.45) is 0 Å². The van der Waals surface area contributed by atoms with Crippen molar-refractivity contribution in [2.75, 3.05) is 26.5 Å². The molecule has 24 heavy (non-hydrogen) atoms. The molecule has 0 N–H and O–H groups in total. The van der Waals surface area contributed by atoms with Crippen molar-refractivity contribution in [1.29, 1.82) is 0 Å². The predicted octanol–water partition coefficient (Wildman–Crippen LogP) is 1.91. The highest BCUT2D eigenvalue weighted by Crippen LogP contribution is 2.17. The Morgan fingerprint density at radius 1 is 1.25 bits per heavy atom. The van der Waals surface area contributed by atoms with Gasteiger partial charge in [-0.2, -0.15) is 8.42 Å². The van der Waals surface area contributed by atoms with Crippen molar-refractivity contribution < 1.29 is 26.5 Å². The maximum Gasteiger partial charge on any atom is 0.306 e. The van der Waals surface area contributed by atoms with Crippen molar-refractivity contribution in [3.63, 3.8) is 0 Å². The number of hydrogen-bond donors (Lipinski definition) is 0. The van der Waals surface area contributed by atoms with Crippen LogP contribution in [0.15, 0.2) is 47.1 Å². The lowest BCUT2D eigenvalue weighted by Crippen LogP contribution is -2.33. The van der Waals surface area contributed by atoms with Crippen LogP contribution in [0.25, 0.3) is 0 Å². The topological polar surface area (TPSA) is 86.0 Å². The molecule has 0 bridgehead atoms. The van der Waals surface area contributed by atoms with Gasteiger partial charge in [0.1, 0.15) is 5.75 Å². The summed E-state index contributed by atoms with van der Waals surface area (Å²) >= 11 is 0. The molecule has 1 aromatic carbocycles. The second kappa shape index (κ2) is 7.98. The molecule has 2 aromatic rings. The van der Waals surface area contributed by atoms with E-state index in [0.29, 0.717) is 13.2 Å². The molecule has 0 unspecified atom stereocenters. The van der Waals surface area contributed by atoms with E-state index in [0.717, 1.165) is 11.8 Å². The highest BCUT2D eigenvalue weighted by molar-refractivity contribution is 7.86. The Bertz CT molecular complexity index is 770. The first kappa shape index (κ1) is 18.0. The third-order valence-electron chi connectivity index (χ3n) is 3.10. The number of carbonyl (C=O) groups excluding carboxylic acids is 1. The zero-order valence-electron chi connectivity index (χ0n) is 13.5. The van der Waals surface area contributed by atoms with Crippen LogP contribution in [0, 0.1) is 0 Å². The number of amides is 1. The lowest BCUT2D eigenvalue weighted by molar-refractivity contribution is 0.0649. The maximum absolute atomic E-state index is 12.5. The monoisotopic (exact) mass is 353 g/mol. The zero-order chi connectivity index (χ0) is 17.6. The van der Waals surface area contributed by atoms with Crippen LogP contribution in [-0.2, 0) is 21.4 Å². The number of hydrogen-bond acceptors (Lipinski definition) is 6. The second-order valence-electron chi connectivity index (χ2n) is 5.13. The van der Waals surface area contributed by atoms with E-state index < -0.39 is 10.1 Å². The first-order valence-electron chi connectivity index (χ1n) is 7.19. The van der Waals surface area contributed by atoms with Gasteiger partial charge in [0.2, 0.25) is 0 Å². The van der Waals surface area contributed by atoms with E-state index in [1.165, 1.54) is 6.26 Å². The van der Waals surface area contributed by atoms with E-state index in [2.05, 4.69) is 0 Å². The van der Waals surface area contributed by atoms with E-state index in [1.807, 2.05) is 0 Å². The van der Waals surface area contributed by atoms with Crippen molar-refractivity contribution in [1.82, 2.24) is 4.90 Å². The van der Waals surface area contributed by atoms with Gasteiger partial charge in [-0.3, -0.25) is 4.79 Å². The van der Waals surface area contributed by atoms with Gasteiger partial charge in [-0.1, -0.05) is 12.1 Å². The molecule has 2 rings (SSSR count). The molecule has 1 aromatic heterocycles. The number of methoxy groups -OCH3 is 1. The third kappa shape index (κ3) is 5.39. The summed E-state index contributed by atoms with van der Waals surface area (Å²) in [6, 6.07) is 9.80. The van der Waals surface area contributed by atoms with Crippen molar-refractivity contribution in [2.45, 2.75) is 6.54 Å². The van der Waals surface area contributed by atoms with Gasteiger partial charge < -0.3 is 18.2 Å². The lowest BCUT2D eigenvalue weighted by Gasteiger charge is -2.21. The highest BCUT2D eigenvalue weighted by atomic mass is 32.2. The molecule has 0 aliphatic rings. The molecule has 0 atom stereocenters. The van der Waals surface area contributed by atoms with Crippen LogP contribution in [0.3, 0.4) is 0 Å². The summed E-state index contributed by atoms with van der Waals surface area (Å²) in [6.07, 6.45) is 2.41. The summed E-state index contributed by atoms with van der Waals surface area (Å²) in [6.45, 7) is 1.00. The van der Waals surface area contributed by atoms with E-state index in [1.54, 1.807) is 48.4 Å². The van der Waals surface area contributed by atoms with Gasteiger partial charge in [0.05, 0.1) is 19.1 Å². The fourth-order valence-electron chi connectivity index (χ4n) is 2.10. The van der Waals surface area contributed by atoms with Gasteiger partial charge in [-0.05, 0) is 29.8 Å². The van der Waals surface area contributed by atoms with Crippen LogP contribution in [0.5, 0.6) is 5.75 Å². The number of carbonyl (C=O) groups is 1. The van der Waals surface area contributed by atoms with Crippen LogP contribution in [0.1, 0.15) is 16.1 Å². The summed E-state index contributed by atoms with van der Waals surface area (Å²) in [4.78, 5) is 14.0. The molecule has 0 saturated heterocycles. The summed E-state index contributed by atoms with van der Waals surface area (Å²) in [5, 5.41) is 0. The SMILES string of the molecule is COCCN(Cc1cccc(OS(C)(=O)=O)c1)C(=O)c1ccco1. The quantitative estimate of drug-likeness (QED) is 0.674. The van der Waals surface area contributed by atoms with Crippen LogP contribution in [-0.4, -0.2) is 45.7 Å². The van der Waals surface area contributed by atoms with Gasteiger partial charge in [-0.15, -0.1) is 0 Å². The maximum atomic E-state index is 12.5. The molecule has 8 heteroatoms. The Balaban J connectivity index is 2.17. The minimum absolute atomic E-state index is 0.201. The number of benzene rings is 1. The minimum atomic E-state index is -3.60. The number of furan rings is 1. The summed E-state index contributed by atoms with van der Waals surface area (Å²) < 4.78 is 37.5. The molecule has 1 amide bonds. The van der Waals surface area contributed by atoms with Gasteiger partial charge in [0.25, 0.3) is 5.91 Å². The fraction of sp³-hybridized carbons (Fsp3) is 0.312. The minimum Gasteiger partial charge on any atom is -0.459 e. The standard InChI is InChI=1S/C16H19NO6S/c1-21-10-8-17(16(18)15-7-4-9-22-15)12-13-5-3-6-14(11-13)23-24(2,19)20/h3-7,9,11H,8,10,12H2,1-2H3. The van der Waals surface area contributed by atoms with Crippen LogP contribution >= 0.6 is 0 Å². The summed E-state index contributed by atoms with van der Waals surface area (Å²) in [7, 11) is -2.05. The third-order valence-corrected chi connectivity index (χ3v) is 3.60. The first-order valence-corrected chi connectivity index (χ1v) is 9.01. The van der Waals surface area contributed by atoms with Gasteiger partial charge >= 0.3 is 10.1 Å². The van der Waals surface area contributed by atoms with E-state index in [4.69, 9.17) is 13.3 Å². The van der Waals surface area contributed by atoms with E-state index in [9.17, 15) is 13.2 Å². The predicted molar refractivity (Wildman–Crippen MR) is 87.2 cm³/mol.